The molecule has 1 rings (SSSR count). The molecule has 2 unspecified atom stereocenters. The first-order valence-corrected chi connectivity index (χ1v) is 6.32. The Morgan fingerprint density at radius 2 is 2.11 bits per heavy atom. The maximum absolute atomic E-state index is 11.7. The predicted octanol–water partition coefficient (Wildman–Crippen LogP) is 1.60. The van der Waals surface area contributed by atoms with Gasteiger partial charge in [-0.2, -0.15) is 0 Å². The summed E-state index contributed by atoms with van der Waals surface area (Å²) in [6, 6.07) is 0. The van der Waals surface area contributed by atoms with Crippen molar-refractivity contribution in [2.24, 2.45) is 0 Å². The van der Waals surface area contributed by atoms with E-state index in [9.17, 15) is 9.59 Å². The van der Waals surface area contributed by atoms with Gasteiger partial charge in [-0.15, -0.1) is 0 Å². The topological polar surface area (TPSA) is 61.8 Å². The quantitative estimate of drug-likeness (QED) is 0.434. The van der Waals surface area contributed by atoms with E-state index in [0.717, 1.165) is 6.29 Å². The van der Waals surface area contributed by atoms with Gasteiger partial charge in [0.1, 0.15) is 18.0 Å². The van der Waals surface area contributed by atoms with Crippen molar-refractivity contribution in [3.8, 4) is 0 Å². The lowest BCUT2D eigenvalue weighted by atomic mass is 9.82. The Morgan fingerprint density at radius 3 is 2.61 bits per heavy atom. The molecule has 0 bridgehead atoms. The van der Waals surface area contributed by atoms with E-state index < -0.39 is 18.8 Å². The number of hydrogen-bond acceptors (Lipinski definition) is 5. The molecule has 0 aromatic carbocycles. The summed E-state index contributed by atoms with van der Waals surface area (Å²) in [5, 5.41) is 0. The first kappa shape index (κ1) is 15.2. The predicted molar refractivity (Wildman–Crippen MR) is 67.1 cm³/mol. The Labute approximate surface area is 108 Å². The molecule has 0 amide bonds. The Morgan fingerprint density at radius 1 is 1.44 bits per heavy atom. The van der Waals surface area contributed by atoms with E-state index in [1.54, 1.807) is 0 Å². The van der Waals surface area contributed by atoms with Crippen LogP contribution in [0.15, 0.2) is 0 Å². The van der Waals surface area contributed by atoms with Crippen LogP contribution in [0.5, 0.6) is 0 Å². The highest BCUT2D eigenvalue weighted by Crippen LogP contribution is 2.21. The Kier molecular flexibility index (Phi) is 5.35. The summed E-state index contributed by atoms with van der Waals surface area (Å²) in [6.45, 7) is 7.36. The number of rotatable bonds is 4. The van der Waals surface area contributed by atoms with Gasteiger partial charge < -0.3 is 18.8 Å². The van der Waals surface area contributed by atoms with E-state index >= 15 is 0 Å². The molecule has 0 N–H and O–H groups in total. The van der Waals surface area contributed by atoms with Crippen LogP contribution in [0, 0.1) is 0 Å². The summed E-state index contributed by atoms with van der Waals surface area (Å²) in [4.78, 5) is 22.5. The molecule has 0 saturated carbocycles. The molecule has 2 atom stereocenters. The van der Waals surface area contributed by atoms with Gasteiger partial charge in [-0.1, -0.05) is 6.92 Å². The SMILES string of the molecule is CCB1OC(C=O)CC(CC(=O)OC(C)(C)C)O1. The summed E-state index contributed by atoms with van der Waals surface area (Å²) >= 11 is 0. The van der Waals surface area contributed by atoms with Crippen LogP contribution in [0.3, 0.4) is 0 Å². The number of esters is 1. The molecule has 6 heteroatoms. The van der Waals surface area contributed by atoms with Crippen LogP contribution in [0.4, 0.5) is 0 Å². The van der Waals surface area contributed by atoms with E-state index in [-0.39, 0.29) is 18.5 Å². The molecule has 1 saturated heterocycles. The number of hydrogen-bond donors (Lipinski definition) is 0. The Balaban J connectivity index is 2.50. The first-order chi connectivity index (χ1) is 8.34. The van der Waals surface area contributed by atoms with Gasteiger partial charge >= 0.3 is 13.1 Å². The molecule has 18 heavy (non-hydrogen) atoms. The molecule has 0 aliphatic carbocycles. The van der Waals surface area contributed by atoms with Gasteiger partial charge in [-0.25, -0.2) is 0 Å². The van der Waals surface area contributed by atoms with Crippen LogP contribution in [0.25, 0.3) is 0 Å². The lowest BCUT2D eigenvalue weighted by molar-refractivity contribution is -0.158. The van der Waals surface area contributed by atoms with E-state index in [2.05, 4.69) is 0 Å². The molecule has 1 fully saturated rings. The highest BCUT2D eigenvalue weighted by atomic mass is 16.6. The molecule has 5 nitrogen and oxygen atoms in total. The Hall–Kier alpha value is -0.875. The molecule has 0 radical (unpaired) electrons. The smallest absolute Gasteiger partial charge is 0.457 e. The highest BCUT2D eigenvalue weighted by Gasteiger charge is 2.34. The number of ether oxygens (including phenoxy) is 1. The van der Waals surface area contributed by atoms with Gasteiger partial charge in [-0.05, 0) is 27.1 Å². The largest absolute Gasteiger partial charge is 0.460 e. The molecule has 1 aliphatic heterocycles. The first-order valence-electron chi connectivity index (χ1n) is 6.32. The average Bonchev–Trinajstić information content (AvgIpc) is 2.25. The van der Waals surface area contributed by atoms with Crippen LogP contribution in [0.2, 0.25) is 6.32 Å². The summed E-state index contributed by atoms with van der Waals surface area (Å²) in [5.41, 5.74) is -0.504. The number of carbonyl (C=O) groups is 2. The summed E-state index contributed by atoms with van der Waals surface area (Å²) in [6.07, 6.45) is 1.16. The maximum Gasteiger partial charge on any atom is 0.457 e. The monoisotopic (exact) mass is 256 g/mol. The fourth-order valence-electron chi connectivity index (χ4n) is 1.79. The van der Waals surface area contributed by atoms with Crippen LogP contribution in [-0.2, 0) is 23.6 Å². The van der Waals surface area contributed by atoms with Gasteiger partial charge in [0.25, 0.3) is 0 Å². The standard InChI is InChI=1S/C12H21BO5/c1-5-13-17-9(6-10(8-14)18-13)7-11(15)16-12(2,3)4/h8-10H,5-7H2,1-4H3. The van der Waals surface area contributed by atoms with Crippen molar-refractivity contribution in [1.29, 1.82) is 0 Å². The molecular weight excluding hydrogens is 235 g/mol. The molecule has 1 heterocycles. The van der Waals surface area contributed by atoms with Crippen molar-refractivity contribution in [3.05, 3.63) is 0 Å². The van der Waals surface area contributed by atoms with Gasteiger partial charge in [0.15, 0.2) is 0 Å². The second-order valence-corrected chi connectivity index (χ2v) is 5.43. The fraction of sp³-hybridized carbons (Fsp3) is 0.833. The van der Waals surface area contributed by atoms with Crippen molar-refractivity contribution >= 4 is 19.4 Å². The van der Waals surface area contributed by atoms with E-state index in [1.165, 1.54) is 0 Å². The van der Waals surface area contributed by atoms with E-state index in [4.69, 9.17) is 14.0 Å². The van der Waals surface area contributed by atoms with Gasteiger partial charge in [0.2, 0.25) is 0 Å². The second-order valence-electron chi connectivity index (χ2n) is 5.43. The normalized spacial score (nSPS) is 24.8. The zero-order valence-corrected chi connectivity index (χ0v) is 11.5. The molecule has 0 spiro atoms. The molecule has 0 aromatic heterocycles. The average molecular weight is 256 g/mol. The third kappa shape index (κ3) is 5.18. The van der Waals surface area contributed by atoms with Crippen LogP contribution >= 0.6 is 0 Å². The maximum atomic E-state index is 11.7. The minimum atomic E-state index is -0.504. The van der Waals surface area contributed by atoms with Crippen molar-refractivity contribution in [2.45, 2.75) is 64.7 Å². The zero-order valence-electron chi connectivity index (χ0n) is 11.5. The summed E-state index contributed by atoms with van der Waals surface area (Å²) in [5.74, 6) is -0.311. The second kappa shape index (κ2) is 6.34. The third-order valence-corrected chi connectivity index (χ3v) is 2.47. The van der Waals surface area contributed by atoms with E-state index in [0.29, 0.717) is 12.7 Å². The number of carbonyl (C=O) groups excluding carboxylic acids is 2. The van der Waals surface area contributed by atoms with Crippen LogP contribution in [-0.4, -0.2) is 37.2 Å². The molecule has 0 aromatic rings. The van der Waals surface area contributed by atoms with E-state index in [1.807, 2.05) is 27.7 Å². The number of aldehydes is 1. The summed E-state index contributed by atoms with van der Waals surface area (Å²) in [7, 11) is -0.415. The van der Waals surface area contributed by atoms with Gasteiger partial charge in [-0.3, -0.25) is 4.79 Å². The molecular formula is C12H21BO5. The lowest BCUT2D eigenvalue weighted by Gasteiger charge is -2.31. The van der Waals surface area contributed by atoms with Gasteiger partial charge in [0, 0.05) is 6.42 Å². The van der Waals surface area contributed by atoms with Crippen molar-refractivity contribution in [3.63, 3.8) is 0 Å². The Bertz CT molecular complexity index is 299. The van der Waals surface area contributed by atoms with Crippen molar-refractivity contribution < 1.29 is 23.6 Å². The highest BCUT2D eigenvalue weighted by molar-refractivity contribution is 6.44. The van der Waals surface area contributed by atoms with Crippen molar-refractivity contribution in [2.75, 3.05) is 0 Å². The van der Waals surface area contributed by atoms with Gasteiger partial charge in [0.05, 0.1) is 12.5 Å². The zero-order chi connectivity index (χ0) is 13.8. The lowest BCUT2D eigenvalue weighted by Crippen LogP contribution is -2.43. The minimum absolute atomic E-state index is 0.154. The van der Waals surface area contributed by atoms with Crippen molar-refractivity contribution in [1.82, 2.24) is 0 Å². The summed E-state index contributed by atoms with van der Waals surface area (Å²) < 4.78 is 16.2. The van der Waals surface area contributed by atoms with Crippen LogP contribution in [0.1, 0.15) is 40.5 Å². The third-order valence-electron chi connectivity index (χ3n) is 2.47. The van der Waals surface area contributed by atoms with Crippen LogP contribution < -0.4 is 0 Å². The molecule has 1 aliphatic rings. The fourth-order valence-corrected chi connectivity index (χ4v) is 1.79. The minimum Gasteiger partial charge on any atom is -0.460 e. The molecule has 102 valence electrons.